The molecule has 33 heavy (non-hydrogen) atoms. The molecule has 0 amide bonds. The highest BCUT2D eigenvalue weighted by atomic mass is 35.5. The van der Waals surface area contributed by atoms with Crippen LogP contribution in [0.3, 0.4) is 0 Å². The monoisotopic (exact) mass is 512 g/mol. The number of aryl methyl sites for hydroxylation is 1. The van der Waals surface area contributed by atoms with Gasteiger partial charge in [0.05, 0.1) is 4.90 Å². The maximum Gasteiger partial charge on any atom is 0.490 e. The molecule has 0 radical (unpaired) electrons. The lowest BCUT2D eigenvalue weighted by Crippen LogP contribution is -2.38. The maximum atomic E-state index is 12.9. The Morgan fingerprint density at radius 2 is 1.64 bits per heavy atom. The average Bonchev–Trinajstić information content (AvgIpc) is 2.76. The second kappa shape index (κ2) is 12.4. The maximum absolute atomic E-state index is 12.9. The Bertz CT molecular complexity index is 882. The Labute approximate surface area is 198 Å². The van der Waals surface area contributed by atoms with Crippen LogP contribution in [0.15, 0.2) is 23.1 Å². The minimum atomic E-state index is -5.08. The van der Waals surface area contributed by atoms with Crippen molar-refractivity contribution in [1.29, 1.82) is 0 Å². The lowest BCUT2D eigenvalue weighted by Gasteiger charge is -2.32. The van der Waals surface area contributed by atoms with Gasteiger partial charge < -0.3 is 10.4 Å². The van der Waals surface area contributed by atoms with E-state index in [1.54, 1.807) is 22.5 Å². The van der Waals surface area contributed by atoms with Crippen LogP contribution in [-0.4, -0.2) is 56.2 Å². The molecule has 0 aromatic heterocycles. The summed E-state index contributed by atoms with van der Waals surface area (Å²) in [7, 11) is -3.43. The molecule has 1 aromatic carbocycles. The number of carbonyl (C=O) groups is 1. The van der Waals surface area contributed by atoms with Crippen molar-refractivity contribution >= 4 is 27.6 Å². The predicted octanol–water partition coefficient (Wildman–Crippen LogP) is 4.85. The van der Waals surface area contributed by atoms with Crippen LogP contribution >= 0.6 is 11.6 Å². The van der Waals surface area contributed by atoms with Gasteiger partial charge in [-0.1, -0.05) is 36.9 Å². The minimum Gasteiger partial charge on any atom is -0.475 e. The Morgan fingerprint density at radius 3 is 2.15 bits per heavy atom. The van der Waals surface area contributed by atoms with Gasteiger partial charge in [-0.3, -0.25) is 0 Å². The molecular formula is C22H32ClF3N2O4S. The van der Waals surface area contributed by atoms with E-state index in [0.717, 1.165) is 24.3 Å². The molecular weight excluding hydrogens is 481 g/mol. The van der Waals surface area contributed by atoms with Gasteiger partial charge in [-0.2, -0.15) is 17.5 Å². The van der Waals surface area contributed by atoms with E-state index in [-0.39, 0.29) is 0 Å². The Balaban J connectivity index is 0.000000479. The van der Waals surface area contributed by atoms with Crippen LogP contribution in [0.1, 0.15) is 50.5 Å². The summed E-state index contributed by atoms with van der Waals surface area (Å²) in [6.07, 6.45) is 3.37. The number of rotatable bonds is 6. The number of piperidine rings is 2. The average molecular weight is 513 g/mol. The molecule has 2 heterocycles. The molecule has 6 nitrogen and oxygen atoms in total. The van der Waals surface area contributed by atoms with Crippen molar-refractivity contribution in [3.63, 3.8) is 0 Å². The molecule has 3 rings (SSSR count). The molecule has 1 aromatic rings. The molecule has 2 fully saturated rings. The third-order valence-corrected chi connectivity index (χ3v) is 8.54. The zero-order valence-electron chi connectivity index (χ0n) is 18.7. The first-order valence-electron chi connectivity index (χ1n) is 11.2. The number of carboxylic acids is 1. The van der Waals surface area contributed by atoms with Gasteiger partial charge in [-0.25, -0.2) is 13.2 Å². The van der Waals surface area contributed by atoms with E-state index < -0.39 is 22.2 Å². The van der Waals surface area contributed by atoms with Gasteiger partial charge in [-0.15, -0.1) is 0 Å². The molecule has 2 aliphatic rings. The van der Waals surface area contributed by atoms with Gasteiger partial charge in [-0.05, 0) is 75.2 Å². The van der Waals surface area contributed by atoms with Crippen LogP contribution in [0.4, 0.5) is 13.2 Å². The highest BCUT2D eigenvalue weighted by Crippen LogP contribution is 2.30. The number of halogens is 4. The van der Waals surface area contributed by atoms with E-state index in [1.165, 1.54) is 45.2 Å². The summed E-state index contributed by atoms with van der Waals surface area (Å²) in [5.41, 5.74) is 0.762. The van der Waals surface area contributed by atoms with Gasteiger partial charge >= 0.3 is 12.1 Å². The van der Waals surface area contributed by atoms with Crippen molar-refractivity contribution in [2.45, 2.75) is 62.9 Å². The first kappa shape index (κ1) is 27.9. The molecule has 11 heteroatoms. The van der Waals surface area contributed by atoms with Crippen LogP contribution in [0.25, 0.3) is 0 Å². The van der Waals surface area contributed by atoms with Crippen molar-refractivity contribution in [2.24, 2.45) is 11.8 Å². The zero-order chi connectivity index (χ0) is 24.6. The molecule has 0 saturated carbocycles. The van der Waals surface area contributed by atoms with Crippen molar-refractivity contribution < 1.29 is 31.5 Å². The Kier molecular flexibility index (Phi) is 10.5. The minimum absolute atomic E-state index is 0.356. The van der Waals surface area contributed by atoms with Crippen LogP contribution in [0, 0.1) is 18.8 Å². The molecule has 0 atom stereocenters. The van der Waals surface area contributed by atoms with Gasteiger partial charge in [0.15, 0.2) is 0 Å². The third-order valence-electron chi connectivity index (χ3n) is 6.27. The highest BCUT2D eigenvalue weighted by Gasteiger charge is 2.38. The summed E-state index contributed by atoms with van der Waals surface area (Å²) < 4.78 is 59.3. The number of benzene rings is 1. The number of nitrogens with zero attached hydrogens (tertiary/aromatic N) is 1. The van der Waals surface area contributed by atoms with Crippen LogP contribution in [0.5, 0.6) is 0 Å². The number of alkyl halides is 3. The van der Waals surface area contributed by atoms with Crippen molar-refractivity contribution in [3.05, 3.63) is 28.8 Å². The fourth-order valence-electron chi connectivity index (χ4n) is 4.29. The SMILES string of the molecule is Cc1ccc(Cl)cc1S(=O)(=O)N1CCC(CCCC2CCNCC2)CC1.O=C(O)C(F)(F)F. The first-order chi connectivity index (χ1) is 15.4. The van der Waals surface area contributed by atoms with Crippen LogP contribution < -0.4 is 5.32 Å². The summed E-state index contributed by atoms with van der Waals surface area (Å²) >= 11 is 6.02. The van der Waals surface area contributed by atoms with E-state index in [4.69, 9.17) is 21.5 Å². The smallest absolute Gasteiger partial charge is 0.475 e. The zero-order valence-corrected chi connectivity index (χ0v) is 20.3. The third kappa shape index (κ3) is 8.73. The van der Waals surface area contributed by atoms with E-state index in [0.29, 0.717) is 28.9 Å². The highest BCUT2D eigenvalue weighted by molar-refractivity contribution is 7.89. The number of nitrogens with one attached hydrogen (secondary N) is 1. The molecule has 2 aliphatic heterocycles. The van der Waals surface area contributed by atoms with Crippen molar-refractivity contribution in [3.8, 4) is 0 Å². The van der Waals surface area contributed by atoms with Gasteiger partial charge in [0.1, 0.15) is 0 Å². The Hall–Kier alpha value is -1.36. The number of aliphatic carboxylic acids is 1. The molecule has 0 aliphatic carbocycles. The van der Waals surface area contributed by atoms with Crippen molar-refractivity contribution in [1.82, 2.24) is 9.62 Å². The quantitative estimate of drug-likeness (QED) is 0.569. The van der Waals surface area contributed by atoms with E-state index in [1.807, 2.05) is 6.92 Å². The standard InChI is InChI=1S/C20H31ClN2O2S.C2HF3O2/c1-16-5-6-19(21)15-20(16)26(24,25)23-13-9-18(10-14-23)4-2-3-17-7-11-22-12-8-17;3-2(4,5)1(6)7/h5-6,15,17-18,22H,2-4,7-14H2,1H3;(H,6,7). The predicted molar refractivity (Wildman–Crippen MR) is 121 cm³/mol. The molecule has 188 valence electrons. The fourth-order valence-corrected chi connectivity index (χ4v) is 6.25. The Morgan fingerprint density at radius 1 is 1.12 bits per heavy atom. The lowest BCUT2D eigenvalue weighted by molar-refractivity contribution is -0.192. The molecule has 0 unspecified atom stereocenters. The summed E-state index contributed by atoms with van der Waals surface area (Å²) in [6.45, 7) is 5.43. The summed E-state index contributed by atoms with van der Waals surface area (Å²) in [5, 5.41) is 11.0. The summed E-state index contributed by atoms with van der Waals surface area (Å²) in [5.74, 6) is -1.20. The van der Waals surface area contributed by atoms with Crippen LogP contribution in [0.2, 0.25) is 5.02 Å². The topological polar surface area (TPSA) is 86.7 Å². The first-order valence-corrected chi connectivity index (χ1v) is 13.0. The number of carboxylic acid groups (broad SMARTS) is 1. The number of sulfonamides is 1. The van der Waals surface area contributed by atoms with Gasteiger partial charge in [0.2, 0.25) is 10.0 Å². The summed E-state index contributed by atoms with van der Waals surface area (Å²) in [6, 6.07) is 5.10. The van der Waals surface area contributed by atoms with E-state index in [2.05, 4.69) is 5.32 Å². The van der Waals surface area contributed by atoms with Crippen molar-refractivity contribution in [2.75, 3.05) is 26.2 Å². The molecule has 0 spiro atoms. The molecule has 0 bridgehead atoms. The number of hydrogen-bond donors (Lipinski definition) is 2. The van der Waals surface area contributed by atoms with Gasteiger partial charge in [0.25, 0.3) is 0 Å². The normalized spacial score (nSPS) is 19.1. The number of hydrogen-bond acceptors (Lipinski definition) is 4. The second-order valence-electron chi connectivity index (χ2n) is 8.68. The largest absolute Gasteiger partial charge is 0.490 e. The fraction of sp³-hybridized carbons (Fsp3) is 0.682. The van der Waals surface area contributed by atoms with Crippen LogP contribution in [-0.2, 0) is 14.8 Å². The molecule has 2 saturated heterocycles. The van der Waals surface area contributed by atoms with E-state index >= 15 is 0 Å². The van der Waals surface area contributed by atoms with E-state index in [9.17, 15) is 21.6 Å². The lowest BCUT2D eigenvalue weighted by atomic mass is 9.87. The summed E-state index contributed by atoms with van der Waals surface area (Å²) in [4.78, 5) is 9.25. The van der Waals surface area contributed by atoms with Gasteiger partial charge in [0, 0.05) is 18.1 Å². The molecule has 2 N–H and O–H groups in total. The second-order valence-corrected chi connectivity index (χ2v) is 11.0.